The lowest BCUT2D eigenvalue weighted by molar-refractivity contribution is -0.122. The summed E-state index contributed by atoms with van der Waals surface area (Å²) in [5.74, 6) is 0.0398. The Hall–Kier alpha value is -1.34. The molecule has 1 saturated carbocycles. The number of hydrogen-bond acceptors (Lipinski definition) is 9. The van der Waals surface area contributed by atoms with Crippen LogP contribution in [0.2, 0.25) is 0 Å². The molecule has 0 radical (unpaired) electrons. The lowest BCUT2D eigenvalue weighted by Gasteiger charge is -2.35. The number of fused-ring (bicyclic) bond motifs is 7. The van der Waals surface area contributed by atoms with E-state index in [4.69, 9.17) is 24.4 Å². The Morgan fingerprint density at radius 1 is 0.821 bits per heavy atom. The minimum absolute atomic E-state index is 0.0174. The predicted molar refractivity (Wildman–Crippen MR) is 178 cm³/mol. The number of thiocarbonyl (C=S) groups is 2. The van der Waals surface area contributed by atoms with E-state index in [1.54, 1.807) is 9.80 Å². The van der Waals surface area contributed by atoms with Gasteiger partial charge in [0.2, 0.25) is 0 Å². The summed E-state index contributed by atoms with van der Waals surface area (Å²) >= 11 is 19.2. The maximum absolute atomic E-state index is 12.9. The number of hydrogen-bond donors (Lipinski definition) is 0. The molecule has 0 N–H and O–H groups in total. The van der Waals surface area contributed by atoms with Gasteiger partial charge in [-0.05, 0) is 56.5 Å². The molecule has 7 rings (SSSR count). The van der Waals surface area contributed by atoms with E-state index in [-0.39, 0.29) is 17.2 Å². The fourth-order valence-electron chi connectivity index (χ4n) is 6.19. The first-order valence-electron chi connectivity index (χ1n) is 13.1. The van der Waals surface area contributed by atoms with Gasteiger partial charge in [0, 0.05) is 43.4 Å². The summed E-state index contributed by atoms with van der Waals surface area (Å²) in [6.45, 7) is 5.14. The van der Waals surface area contributed by atoms with Crippen molar-refractivity contribution in [3.63, 3.8) is 0 Å². The molecule has 5 heterocycles. The normalized spacial score (nSPS) is 22.5. The molecule has 2 aliphatic carbocycles. The van der Waals surface area contributed by atoms with Crippen LogP contribution in [0.25, 0.3) is 31.3 Å². The highest BCUT2D eigenvalue weighted by Gasteiger charge is 2.48. The van der Waals surface area contributed by atoms with Crippen LogP contribution in [0.3, 0.4) is 0 Å². The maximum Gasteiger partial charge on any atom is 0.266 e. The van der Waals surface area contributed by atoms with Crippen LogP contribution >= 0.6 is 82.0 Å². The molecular weight excluding hydrogens is 621 g/mol. The third-order valence-electron chi connectivity index (χ3n) is 7.97. The molecule has 1 spiro atoms. The predicted octanol–water partition coefficient (Wildman–Crippen LogP) is 8.70. The molecule has 0 atom stereocenters. The van der Waals surface area contributed by atoms with Crippen molar-refractivity contribution in [2.24, 2.45) is 0 Å². The number of rotatable bonds is 4. The molecule has 3 fully saturated rings. The summed E-state index contributed by atoms with van der Waals surface area (Å²) < 4.78 is 3.97. The van der Waals surface area contributed by atoms with Crippen molar-refractivity contribution in [1.82, 2.24) is 9.80 Å². The van der Waals surface area contributed by atoms with E-state index in [1.807, 2.05) is 53.9 Å². The highest BCUT2D eigenvalue weighted by molar-refractivity contribution is 8.27. The van der Waals surface area contributed by atoms with Crippen LogP contribution in [-0.2, 0) is 15.0 Å². The summed E-state index contributed by atoms with van der Waals surface area (Å²) in [6.07, 6.45) is 10.1. The summed E-state index contributed by atoms with van der Waals surface area (Å²) in [4.78, 5) is 35.5. The standard InChI is InChI=1S/C28H24N2O2S7/c1-3-29-24(31)18(38-26(29)33)12-14-10-16-21(35-14)23-20(28(16)8-6-5-7-9-28)22-17(37-23)11-15(36-22)13-19-25(32)30(4-2)27(34)39-19/h10-13H,3-9H2,1-2H3/b18-12-,19-13-. The molecule has 4 aliphatic rings. The minimum atomic E-state index is 0.0174. The number of nitrogens with zero attached hydrogens (tertiary/aromatic N) is 2. The fourth-order valence-corrected chi connectivity index (χ4v) is 13.2. The molecule has 3 aromatic rings. The third kappa shape index (κ3) is 4.02. The second-order valence-corrected chi connectivity index (χ2v) is 16.6. The molecule has 0 bridgehead atoms. The van der Waals surface area contributed by atoms with Gasteiger partial charge in [0.1, 0.15) is 8.64 Å². The van der Waals surface area contributed by atoms with Gasteiger partial charge < -0.3 is 0 Å². The van der Waals surface area contributed by atoms with Crippen molar-refractivity contribution in [3.05, 3.63) is 42.8 Å². The Morgan fingerprint density at radius 3 is 1.97 bits per heavy atom. The average molecular weight is 645 g/mol. The van der Waals surface area contributed by atoms with Gasteiger partial charge in [0.05, 0.1) is 19.4 Å². The van der Waals surface area contributed by atoms with Crippen molar-refractivity contribution in [2.45, 2.75) is 51.4 Å². The maximum atomic E-state index is 12.9. The van der Waals surface area contributed by atoms with Gasteiger partial charge in [0.15, 0.2) is 0 Å². The van der Waals surface area contributed by atoms with Crippen LogP contribution < -0.4 is 0 Å². The number of carbonyl (C=O) groups is 2. The SMILES string of the molecule is CCN1C(=O)/C(=C/c2cc3c(s2)-c2sc4cc(/C=C5\SC(=S)N(CC)C5=O)sc4c2C32CCCCC2)SC1=S. The van der Waals surface area contributed by atoms with E-state index in [0.717, 1.165) is 32.4 Å². The van der Waals surface area contributed by atoms with Crippen LogP contribution in [0.4, 0.5) is 0 Å². The van der Waals surface area contributed by atoms with Gasteiger partial charge in [-0.25, -0.2) is 0 Å². The highest BCUT2D eigenvalue weighted by Crippen LogP contribution is 2.64. The second-order valence-electron chi connectivity index (χ2n) is 10.0. The highest BCUT2D eigenvalue weighted by atomic mass is 32.2. The molecule has 4 nitrogen and oxygen atoms in total. The monoisotopic (exact) mass is 644 g/mol. The zero-order valence-corrected chi connectivity index (χ0v) is 27.0. The van der Waals surface area contributed by atoms with Gasteiger partial charge in [-0.2, -0.15) is 0 Å². The number of likely N-dealkylation sites (N-methyl/N-ethyl adjacent to an activating group) is 2. The molecule has 0 unspecified atom stereocenters. The van der Waals surface area contributed by atoms with Gasteiger partial charge >= 0.3 is 0 Å². The molecule has 2 saturated heterocycles. The van der Waals surface area contributed by atoms with E-state index in [1.165, 1.54) is 73.1 Å². The molecule has 200 valence electrons. The molecular formula is C28H24N2O2S7. The van der Waals surface area contributed by atoms with Crippen molar-refractivity contribution in [2.75, 3.05) is 13.1 Å². The summed E-state index contributed by atoms with van der Waals surface area (Å²) in [5.41, 5.74) is 3.00. The summed E-state index contributed by atoms with van der Waals surface area (Å²) in [7, 11) is 0. The first kappa shape index (κ1) is 26.6. The Labute approximate surface area is 258 Å². The first-order chi connectivity index (χ1) is 18.8. The van der Waals surface area contributed by atoms with Gasteiger partial charge in [0.25, 0.3) is 11.8 Å². The zero-order chi connectivity index (χ0) is 27.1. The Bertz CT molecular complexity index is 1660. The number of thioether (sulfide) groups is 2. The summed E-state index contributed by atoms with van der Waals surface area (Å²) in [6, 6.07) is 4.61. The van der Waals surface area contributed by atoms with Crippen LogP contribution in [0.15, 0.2) is 21.9 Å². The Morgan fingerprint density at radius 2 is 1.41 bits per heavy atom. The zero-order valence-electron chi connectivity index (χ0n) is 21.3. The van der Waals surface area contributed by atoms with Crippen molar-refractivity contribution in [3.8, 4) is 9.75 Å². The quantitative estimate of drug-likeness (QED) is 0.209. The Kier molecular flexibility index (Phi) is 6.73. The van der Waals surface area contributed by atoms with Crippen LogP contribution in [0.5, 0.6) is 0 Å². The van der Waals surface area contributed by atoms with E-state index in [9.17, 15) is 9.59 Å². The summed E-state index contributed by atoms with van der Waals surface area (Å²) in [5, 5.41) is 0. The molecule has 39 heavy (non-hydrogen) atoms. The lowest BCUT2D eigenvalue weighted by Crippen LogP contribution is -2.27. The Balaban J connectivity index is 1.30. The van der Waals surface area contributed by atoms with Gasteiger partial charge in [-0.1, -0.05) is 67.2 Å². The van der Waals surface area contributed by atoms with Crippen molar-refractivity contribution < 1.29 is 9.59 Å². The number of amides is 2. The minimum Gasteiger partial charge on any atom is -0.293 e. The van der Waals surface area contributed by atoms with Crippen LogP contribution in [0, 0.1) is 0 Å². The largest absolute Gasteiger partial charge is 0.293 e. The van der Waals surface area contributed by atoms with E-state index in [2.05, 4.69) is 18.2 Å². The molecule has 0 aromatic carbocycles. The first-order valence-corrected chi connectivity index (χ1v) is 18.0. The van der Waals surface area contributed by atoms with Crippen molar-refractivity contribution >= 4 is 124 Å². The molecule has 11 heteroatoms. The van der Waals surface area contributed by atoms with Crippen LogP contribution in [-0.4, -0.2) is 43.3 Å². The van der Waals surface area contributed by atoms with E-state index < -0.39 is 0 Å². The topological polar surface area (TPSA) is 40.6 Å². The molecule has 2 aliphatic heterocycles. The molecule has 3 aromatic heterocycles. The smallest absolute Gasteiger partial charge is 0.266 e. The second kappa shape index (κ2) is 9.89. The van der Waals surface area contributed by atoms with Crippen LogP contribution in [0.1, 0.15) is 66.8 Å². The van der Waals surface area contributed by atoms with Gasteiger partial charge in [-0.15, -0.1) is 34.0 Å². The molecule has 2 amide bonds. The number of carbonyl (C=O) groups excluding carboxylic acids is 2. The number of thiophene rings is 3. The van der Waals surface area contributed by atoms with E-state index >= 15 is 0 Å². The van der Waals surface area contributed by atoms with E-state index in [0.29, 0.717) is 21.7 Å². The third-order valence-corrected chi connectivity index (χ3v) is 14.3. The van der Waals surface area contributed by atoms with Crippen molar-refractivity contribution in [1.29, 1.82) is 0 Å². The fraction of sp³-hybridized carbons (Fsp3) is 0.357. The average Bonchev–Trinajstić information content (AvgIpc) is 3.72. The van der Waals surface area contributed by atoms with Gasteiger partial charge in [-0.3, -0.25) is 19.4 Å². The lowest BCUT2D eigenvalue weighted by atomic mass is 9.68.